The Hall–Kier alpha value is -2.32. The molecule has 2 aliphatic rings. The number of piperidine rings is 1. The highest BCUT2D eigenvalue weighted by Crippen LogP contribution is 2.33. The van der Waals surface area contributed by atoms with Gasteiger partial charge >= 0.3 is 0 Å². The molecule has 1 saturated carbocycles. The van der Waals surface area contributed by atoms with Gasteiger partial charge in [-0.05, 0) is 60.9 Å². The molecule has 4 rings (SSSR count). The van der Waals surface area contributed by atoms with E-state index in [-0.39, 0.29) is 31.0 Å². The summed E-state index contributed by atoms with van der Waals surface area (Å²) in [6, 6.07) is 11.0. The van der Waals surface area contributed by atoms with Crippen molar-refractivity contribution in [2.75, 3.05) is 13.1 Å². The number of halogens is 2. The van der Waals surface area contributed by atoms with Gasteiger partial charge in [-0.1, -0.05) is 38.1 Å². The predicted octanol–water partition coefficient (Wildman–Crippen LogP) is 4.68. The third-order valence-electron chi connectivity index (χ3n) is 6.58. The van der Waals surface area contributed by atoms with Crippen molar-refractivity contribution in [1.82, 2.24) is 9.21 Å². The first-order chi connectivity index (χ1) is 15.7. The Balaban J connectivity index is 1.42. The first kappa shape index (κ1) is 23.8. The fourth-order valence-electron chi connectivity index (χ4n) is 4.37. The number of hydrogen-bond donors (Lipinski definition) is 0. The summed E-state index contributed by atoms with van der Waals surface area (Å²) in [5.41, 5.74) is 2.34. The number of sulfonamides is 1. The van der Waals surface area contributed by atoms with Crippen molar-refractivity contribution in [2.45, 2.75) is 62.9 Å². The molecule has 0 N–H and O–H groups in total. The Morgan fingerprint density at radius 1 is 1.03 bits per heavy atom. The molecule has 2 aromatic carbocycles. The molecule has 178 valence electrons. The van der Waals surface area contributed by atoms with Crippen molar-refractivity contribution < 1.29 is 22.0 Å². The lowest BCUT2D eigenvalue weighted by Gasteiger charge is -2.34. The Kier molecular flexibility index (Phi) is 6.86. The van der Waals surface area contributed by atoms with Crippen LogP contribution in [0.1, 0.15) is 56.6 Å². The van der Waals surface area contributed by atoms with Gasteiger partial charge in [0.25, 0.3) is 0 Å². The molecule has 2 aromatic rings. The minimum Gasteiger partial charge on any atom is -0.335 e. The van der Waals surface area contributed by atoms with Gasteiger partial charge < -0.3 is 4.90 Å². The van der Waals surface area contributed by atoms with Gasteiger partial charge in [0.05, 0.1) is 0 Å². The normalized spacial score (nSPS) is 18.0. The number of rotatable bonds is 7. The Bertz CT molecular complexity index is 1110. The van der Waals surface area contributed by atoms with Crippen LogP contribution in [0.25, 0.3) is 0 Å². The molecule has 1 saturated heterocycles. The van der Waals surface area contributed by atoms with Gasteiger partial charge in [-0.3, -0.25) is 4.79 Å². The van der Waals surface area contributed by atoms with E-state index in [9.17, 15) is 22.0 Å². The molecule has 8 heteroatoms. The van der Waals surface area contributed by atoms with E-state index in [1.165, 1.54) is 5.56 Å². The largest absolute Gasteiger partial charge is 0.335 e. The lowest BCUT2D eigenvalue weighted by atomic mass is 9.96. The average molecular weight is 477 g/mol. The third kappa shape index (κ3) is 5.27. The van der Waals surface area contributed by atoms with E-state index in [0.717, 1.165) is 34.8 Å². The van der Waals surface area contributed by atoms with E-state index in [1.54, 1.807) is 0 Å². The molecule has 0 spiro atoms. The molecule has 5 nitrogen and oxygen atoms in total. The maximum absolute atomic E-state index is 14.1. The molecule has 1 amide bonds. The molecule has 1 aliphatic carbocycles. The van der Waals surface area contributed by atoms with Gasteiger partial charge in [-0.15, -0.1) is 0 Å². The second kappa shape index (κ2) is 9.50. The van der Waals surface area contributed by atoms with Crippen LogP contribution in [0.3, 0.4) is 0 Å². The summed E-state index contributed by atoms with van der Waals surface area (Å²) in [4.78, 5) is 14.6. The van der Waals surface area contributed by atoms with Crippen molar-refractivity contribution in [3.05, 3.63) is 65.2 Å². The predicted molar refractivity (Wildman–Crippen MR) is 122 cm³/mol. The molecule has 2 fully saturated rings. The van der Waals surface area contributed by atoms with Crippen LogP contribution in [-0.2, 0) is 21.4 Å². The molecule has 1 heterocycles. The van der Waals surface area contributed by atoms with Crippen LogP contribution in [0, 0.1) is 17.6 Å². The van der Waals surface area contributed by atoms with Crippen LogP contribution >= 0.6 is 0 Å². The Labute approximate surface area is 194 Å². The summed E-state index contributed by atoms with van der Waals surface area (Å²) in [6.07, 6.45) is 2.71. The maximum Gasteiger partial charge on any atom is 0.246 e. The zero-order chi connectivity index (χ0) is 23.8. The average Bonchev–Trinajstić information content (AvgIpc) is 3.64. The fourth-order valence-corrected chi connectivity index (χ4v) is 5.92. The molecule has 0 bridgehead atoms. The summed E-state index contributed by atoms with van der Waals surface area (Å²) < 4.78 is 54.4. The first-order valence-corrected chi connectivity index (χ1v) is 13.0. The molecule has 0 atom stereocenters. The molecule has 0 unspecified atom stereocenters. The molecular weight excluding hydrogens is 446 g/mol. The Morgan fingerprint density at radius 2 is 1.67 bits per heavy atom. The van der Waals surface area contributed by atoms with Gasteiger partial charge in [0.15, 0.2) is 0 Å². The Morgan fingerprint density at radius 3 is 2.24 bits per heavy atom. The van der Waals surface area contributed by atoms with Crippen molar-refractivity contribution in [1.29, 1.82) is 0 Å². The molecule has 1 aliphatic heterocycles. The van der Waals surface area contributed by atoms with Crippen LogP contribution in [0.15, 0.2) is 47.4 Å². The summed E-state index contributed by atoms with van der Waals surface area (Å²) in [7, 11) is -4.15. The topological polar surface area (TPSA) is 57.7 Å². The minimum atomic E-state index is -4.15. The standard InChI is InChI=1S/C25H30F2N2O3S/c1-17(2)19-5-3-18(4-6-19)16-29(22-8-9-22)25(30)20-11-13-28(14-12-20)33(31,32)24-15-21(26)7-10-23(24)27/h3-7,10,15,17,20,22H,8-9,11-14,16H2,1-2H3. The van der Waals surface area contributed by atoms with E-state index in [2.05, 4.69) is 38.1 Å². The highest BCUT2D eigenvalue weighted by Gasteiger charge is 2.39. The zero-order valence-corrected chi connectivity index (χ0v) is 19.8. The summed E-state index contributed by atoms with van der Waals surface area (Å²) in [5.74, 6) is -1.55. The van der Waals surface area contributed by atoms with Crippen molar-refractivity contribution in [2.24, 2.45) is 5.92 Å². The van der Waals surface area contributed by atoms with Crippen LogP contribution in [0.2, 0.25) is 0 Å². The number of nitrogens with zero attached hydrogens (tertiary/aromatic N) is 2. The van der Waals surface area contributed by atoms with E-state index in [0.29, 0.717) is 31.4 Å². The number of hydrogen-bond acceptors (Lipinski definition) is 3. The fraction of sp³-hybridized carbons (Fsp3) is 0.480. The van der Waals surface area contributed by atoms with Crippen LogP contribution < -0.4 is 0 Å². The van der Waals surface area contributed by atoms with E-state index < -0.39 is 26.6 Å². The number of benzene rings is 2. The molecular formula is C25H30F2N2O3S. The summed E-state index contributed by atoms with van der Waals surface area (Å²) in [5, 5.41) is 0. The zero-order valence-electron chi connectivity index (χ0n) is 19.0. The van der Waals surface area contributed by atoms with Gasteiger partial charge in [0.1, 0.15) is 16.5 Å². The van der Waals surface area contributed by atoms with Gasteiger partial charge in [0, 0.05) is 31.6 Å². The minimum absolute atomic E-state index is 0.0550. The van der Waals surface area contributed by atoms with Crippen LogP contribution in [0.4, 0.5) is 8.78 Å². The van der Waals surface area contributed by atoms with E-state index in [4.69, 9.17) is 0 Å². The maximum atomic E-state index is 14.1. The van der Waals surface area contributed by atoms with Crippen molar-refractivity contribution in [3.63, 3.8) is 0 Å². The lowest BCUT2D eigenvalue weighted by Crippen LogP contribution is -2.45. The summed E-state index contributed by atoms with van der Waals surface area (Å²) >= 11 is 0. The van der Waals surface area contributed by atoms with Gasteiger partial charge in [-0.2, -0.15) is 4.31 Å². The first-order valence-electron chi connectivity index (χ1n) is 11.5. The second-order valence-electron chi connectivity index (χ2n) is 9.35. The van der Waals surface area contributed by atoms with Gasteiger partial charge in [-0.25, -0.2) is 17.2 Å². The van der Waals surface area contributed by atoms with E-state index in [1.807, 2.05) is 4.90 Å². The highest BCUT2D eigenvalue weighted by atomic mass is 32.2. The third-order valence-corrected chi connectivity index (χ3v) is 8.50. The molecule has 0 radical (unpaired) electrons. The number of carbonyl (C=O) groups excluding carboxylic acids is 1. The van der Waals surface area contributed by atoms with Crippen molar-refractivity contribution >= 4 is 15.9 Å². The second-order valence-corrected chi connectivity index (χ2v) is 11.3. The lowest BCUT2D eigenvalue weighted by molar-refractivity contribution is -0.138. The van der Waals surface area contributed by atoms with Crippen LogP contribution in [-0.4, -0.2) is 42.7 Å². The number of carbonyl (C=O) groups is 1. The number of amides is 1. The smallest absolute Gasteiger partial charge is 0.246 e. The van der Waals surface area contributed by atoms with Crippen LogP contribution in [0.5, 0.6) is 0 Å². The molecule has 33 heavy (non-hydrogen) atoms. The SMILES string of the molecule is CC(C)c1ccc(CN(C(=O)C2CCN(S(=O)(=O)c3cc(F)ccc3F)CC2)C2CC2)cc1. The van der Waals surface area contributed by atoms with E-state index >= 15 is 0 Å². The monoisotopic (exact) mass is 476 g/mol. The van der Waals surface area contributed by atoms with Crippen molar-refractivity contribution in [3.8, 4) is 0 Å². The van der Waals surface area contributed by atoms with Gasteiger partial charge in [0.2, 0.25) is 15.9 Å². The quantitative estimate of drug-likeness (QED) is 0.583. The molecule has 0 aromatic heterocycles. The summed E-state index contributed by atoms with van der Waals surface area (Å²) in [6.45, 7) is 5.05. The highest BCUT2D eigenvalue weighted by molar-refractivity contribution is 7.89.